The largest absolute Gasteiger partial charge is 0.392 e. The fourth-order valence-corrected chi connectivity index (χ4v) is 2.60. The normalized spacial score (nSPS) is 34.3. The summed E-state index contributed by atoms with van der Waals surface area (Å²) in [5.74, 6) is 1.71. The summed E-state index contributed by atoms with van der Waals surface area (Å²) < 4.78 is 0. The molecule has 0 aromatic carbocycles. The van der Waals surface area contributed by atoms with E-state index >= 15 is 0 Å². The van der Waals surface area contributed by atoms with Crippen LogP contribution in [0.15, 0.2) is 0 Å². The monoisotopic (exact) mass is 197 g/mol. The Bertz CT molecular complexity index is 177. The first-order valence-corrected chi connectivity index (χ1v) is 6.07. The molecule has 1 aliphatic carbocycles. The van der Waals surface area contributed by atoms with E-state index in [1.807, 2.05) is 0 Å². The van der Waals surface area contributed by atoms with E-state index in [9.17, 15) is 5.11 Å². The molecule has 82 valence electrons. The Morgan fingerprint density at radius 2 is 2.07 bits per heavy atom. The third kappa shape index (κ3) is 2.71. The summed E-state index contributed by atoms with van der Waals surface area (Å²) >= 11 is 0. The van der Waals surface area contributed by atoms with E-state index < -0.39 is 0 Å². The van der Waals surface area contributed by atoms with E-state index in [0.717, 1.165) is 24.8 Å². The van der Waals surface area contributed by atoms with E-state index in [4.69, 9.17) is 0 Å². The predicted octanol–water partition coefficient (Wildman–Crippen LogP) is 1.88. The van der Waals surface area contributed by atoms with Gasteiger partial charge in [0, 0.05) is 19.1 Å². The molecule has 1 saturated carbocycles. The molecule has 0 aromatic rings. The molecule has 1 heterocycles. The van der Waals surface area contributed by atoms with Gasteiger partial charge in [-0.3, -0.25) is 4.90 Å². The third-order valence-corrected chi connectivity index (χ3v) is 3.44. The highest BCUT2D eigenvalue weighted by molar-refractivity contribution is 4.89. The van der Waals surface area contributed by atoms with Crippen molar-refractivity contribution >= 4 is 0 Å². The van der Waals surface area contributed by atoms with Crippen molar-refractivity contribution in [2.45, 2.75) is 51.7 Å². The summed E-state index contributed by atoms with van der Waals surface area (Å²) in [6.45, 7) is 6.72. The molecule has 2 rings (SSSR count). The van der Waals surface area contributed by atoms with Crippen LogP contribution in [0.2, 0.25) is 0 Å². The number of aliphatic hydroxyl groups is 1. The van der Waals surface area contributed by atoms with E-state index in [0.29, 0.717) is 6.04 Å². The van der Waals surface area contributed by atoms with Crippen molar-refractivity contribution in [1.82, 2.24) is 4.90 Å². The van der Waals surface area contributed by atoms with E-state index in [1.165, 1.54) is 25.8 Å². The predicted molar refractivity (Wildman–Crippen MR) is 58.2 cm³/mol. The van der Waals surface area contributed by atoms with Crippen molar-refractivity contribution in [3.05, 3.63) is 0 Å². The average Bonchev–Trinajstić information content (AvgIpc) is 2.79. The lowest BCUT2D eigenvalue weighted by atomic mass is 10.0. The summed E-state index contributed by atoms with van der Waals surface area (Å²) in [4.78, 5) is 2.53. The number of nitrogens with zero attached hydrogens (tertiary/aromatic N) is 1. The Kier molecular flexibility index (Phi) is 3.13. The molecule has 2 atom stereocenters. The highest BCUT2D eigenvalue weighted by atomic mass is 16.3. The van der Waals surface area contributed by atoms with Crippen molar-refractivity contribution < 1.29 is 5.11 Å². The lowest BCUT2D eigenvalue weighted by Crippen LogP contribution is -2.32. The molecule has 1 N–H and O–H groups in total. The van der Waals surface area contributed by atoms with Gasteiger partial charge in [-0.15, -0.1) is 0 Å². The van der Waals surface area contributed by atoms with Gasteiger partial charge in [-0.1, -0.05) is 13.8 Å². The molecule has 2 nitrogen and oxygen atoms in total. The standard InChI is InChI=1S/C12H23NO/c1-9(2)5-11-6-12(14)8-13(11)7-10-3-4-10/h9-12,14H,3-8H2,1-2H3. The molecule has 2 unspecified atom stereocenters. The maximum atomic E-state index is 9.67. The molecule has 2 aliphatic rings. The van der Waals surface area contributed by atoms with E-state index in [-0.39, 0.29) is 6.10 Å². The molecule has 0 aromatic heterocycles. The van der Waals surface area contributed by atoms with Crippen LogP contribution in [-0.2, 0) is 0 Å². The minimum Gasteiger partial charge on any atom is -0.392 e. The van der Waals surface area contributed by atoms with Crippen LogP contribution in [0.5, 0.6) is 0 Å². The van der Waals surface area contributed by atoms with Gasteiger partial charge in [-0.25, -0.2) is 0 Å². The zero-order valence-electron chi connectivity index (χ0n) is 9.45. The first kappa shape index (κ1) is 10.4. The molecular weight excluding hydrogens is 174 g/mol. The summed E-state index contributed by atoms with van der Waals surface area (Å²) in [7, 11) is 0. The Labute approximate surface area is 87.3 Å². The molecule has 1 aliphatic heterocycles. The lowest BCUT2D eigenvalue weighted by molar-refractivity contribution is 0.171. The summed E-state index contributed by atoms with van der Waals surface area (Å²) in [5, 5.41) is 9.67. The summed E-state index contributed by atoms with van der Waals surface area (Å²) in [6.07, 6.45) is 5.04. The Hall–Kier alpha value is -0.0800. The van der Waals surface area contributed by atoms with Crippen LogP contribution in [0.25, 0.3) is 0 Å². The Morgan fingerprint density at radius 1 is 1.36 bits per heavy atom. The smallest absolute Gasteiger partial charge is 0.0682 e. The molecule has 0 amide bonds. The number of likely N-dealkylation sites (tertiary alicyclic amines) is 1. The van der Waals surface area contributed by atoms with Crippen LogP contribution >= 0.6 is 0 Å². The molecule has 2 heteroatoms. The van der Waals surface area contributed by atoms with Gasteiger partial charge in [0.2, 0.25) is 0 Å². The van der Waals surface area contributed by atoms with Gasteiger partial charge in [0.1, 0.15) is 0 Å². The van der Waals surface area contributed by atoms with Gasteiger partial charge in [0.15, 0.2) is 0 Å². The number of rotatable bonds is 4. The second kappa shape index (κ2) is 4.19. The van der Waals surface area contributed by atoms with Crippen molar-refractivity contribution in [3.63, 3.8) is 0 Å². The highest BCUT2D eigenvalue weighted by Crippen LogP contribution is 2.33. The molecular formula is C12H23NO. The molecule has 0 radical (unpaired) electrons. The van der Waals surface area contributed by atoms with Crippen molar-refractivity contribution in [2.24, 2.45) is 11.8 Å². The van der Waals surface area contributed by atoms with Gasteiger partial charge in [0.25, 0.3) is 0 Å². The van der Waals surface area contributed by atoms with Gasteiger partial charge < -0.3 is 5.11 Å². The second-order valence-electron chi connectivity index (χ2n) is 5.57. The number of hydrogen-bond acceptors (Lipinski definition) is 2. The molecule has 2 fully saturated rings. The fourth-order valence-electron chi connectivity index (χ4n) is 2.60. The highest BCUT2D eigenvalue weighted by Gasteiger charge is 2.34. The first-order chi connectivity index (χ1) is 6.65. The molecule has 0 bridgehead atoms. The Balaban J connectivity index is 1.84. The van der Waals surface area contributed by atoms with Gasteiger partial charge in [0.05, 0.1) is 6.10 Å². The van der Waals surface area contributed by atoms with Crippen LogP contribution in [-0.4, -0.2) is 35.2 Å². The van der Waals surface area contributed by atoms with E-state index in [2.05, 4.69) is 18.7 Å². The maximum Gasteiger partial charge on any atom is 0.0682 e. The van der Waals surface area contributed by atoms with Crippen molar-refractivity contribution in [2.75, 3.05) is 13.1 Å². The van der Waals surface area contributed by atoms with E-state index in [1.54, 1.807) is 0 Å². The zero-order chi connectivity index (χ0) is 10.1. The summed E-state index contributed by atoms with van der Waals surface area (Å²) in [5.41, 5.74) is 0. The van der Waals surface area contributed by atoms with Crippen LogP contribution in [0.3, 0.4) is 0 Å². The fraction of sp³-hybridized carbons (Fsp3) is 1.00. The van der Waals surface area contributed by atoms with Gasteiger partial charge in [-0.2, -0.15) is 0 Å². The SMILES string of the molecule is CC(C)CC1CC(O)CN1CC1CC1. The van der Waals surface area contributed by atoms with Crippen LogP contribution in [0.4, 0.5) is 0 Å². The van der Waals surface area contributed by atoms with Gasteiger partial charge >= 0.3 is 0 Å². The average molecular weight is 197 g/mol. The minimum absolute atomic E-state index is 0.0579. The van der Waals surface area contributed by atoms with Gasteiger partial charge in [-0.05, 0) is 37.5 Å². The maximum absolute atomic E-state index is 9.67. The number of aliphatic hydroxyl groups excluding tert-OH is 1. The summed E-state index contributed by atoms with van der Waals surface area (Å²) in [6, 6.07) is 0.658. The van der Waals surface area contributed by atoms with Crippen LogP contribution in [0.1, 0.15) is 39.5 Å². The van der Waals surface area contributed by atoms with Crippen molar-refractivity contribution in [3.8, 4) is 0 Å². The van der Waals surface area contributed by atoms with Crippen LogP contribution in [0, 0.1) is 11.8 Å². The topological polar surface area (TPSA) is 23.5 Å². The quantitative estimate of drug-likeness (QED) is 0.744. The molecule has 0 spiro atoms. The molecule has 14 heavy (non-hydrogen) atoms. The Morgan fingerprint density at radius 3 is 2.64 bits per heavy atom. The number of hydrogen-bond donors (Lipinski definition) is 1. The minimum atomic E-state index is -0.0579. The number of β-amino-alcohol motifs (C(OH)–C–C–N with tert-alkyl or cyclic N) is 1. The lowest BCUT2D eigenvalue weighted by Gasteiger charge is -2.25. The third-order valence-electron chi connectivity index (χ3n) is 3.44. The first-order valence-electron chi connectivity index (χ1n) is 6.07. The second-order valence-corrected chi connectivity index (χ2v) is 5.57. The van der Waals surface area contributed by atoms with Crippen LogP contribution < -0.4 is 0 Å². The zero-order valence-corrected chi connectivity index (χ0v) is 9.45. The van der Waals surface area contributed by atoms with Crippen molar-refractivity contribution in [1.29, 1.82) is 0 Å². The molecule has 1 saturated heterocycles.